The summed E-state index contributed by atoms with van der Waals surface area (Å²) in [5, 5.41) is 5.66. The van der Waals surface area contributed by atoms with Crippen LogP contribution in [0, 0.1) is 5.82 Å². The molecule has 2 N–H and O–H groups in total. The van der Waals surface area contributed by atoms with E-state index in [1.807, 2.05) is 13.8 Å². The summed E-state index contributed by atoms with van der Waals surface area (Å²) in [6.45, 7) is 3.72. The van der Waals surface area contributed by atoms with Crippen molar-refractivity contribution in [3.05, 3.63) is 24.0 Å². The summed E-state index contributed by atoms with van der Waals surface area (Å²) in [6, 6.07) is 3.56. The number of anilines is 1. The van der Waals surface area contributed by atoms with Crippen molar-refractivity contribution in [2.24, 2.45) is 4.40 Å². The molecule has 0 aliphatic carbocycles. The Morgan fingerprint density at radius 3 is 2.76 bits per heavy atom. The number of guanidine groups is 1. The van der Waals surface area contributed by atoms with Gasteiger partial charge in [-0.2, -0.15) is 8.42 Å². The zero-order valence-electron chi connectivity index (χ0n) is 9.36. The molecule has 2 rings (SSSR count). The molecule has 0 bridgehead atoms. The van der Waals surface area contributed by atoms with E-state index in [1.54, 1.807) is 0 Å². The van der Waals surface area contributed by atoms with Gasteiger partial charge in [0, 0.05) is 6.04 Å². The smallest absolute Gasteiger partial charge is 0.287 e. The molecular weight excluding hydrogens is 245 g/mol. The van der Waals surface area contributed by atoms with Gasteiger partial charge in [0.2, 0.25) is 5.96 Å². The molecule has 0 saturated heterocycles. The Kier molecular flexibility index (Phi) is 2.78. The standard InChI is InChI=1S/C10H12FN3O2S/c1-6(2)12-10-13-8-4-3-7(11)5-9(8)17(15,16)14-10/h3-6H,1-2H3,(H2,12,13,14). The van der Waals surface area contributed by atoms with E-state index in [1.165, 1.54) is 12.1 Å². The van der Waals surface area contributed by atoms with E-state index < -0.39 is 15.8 Å². The van der Waals surface area contributed by atoms with Crippen LogP contribution in [0.4, 0.5) is 10.1 Å². The summed E-state index contributed by atoms with van der Waals surface area (Å²) in [5.74, 6) is -0.455. The summed E-state index contributed by atoms with van der Waals surface area (Å²) in [6.07, 6.45) is 0. The fourth-order valence-electron chi connectivity index (χ4n) is 1.47. The molecule has 0 amide bonds. The Bertz CT molecular complexity index is 581. The molecule has 0 spiro atoms. The summed E-state index contributed by atoms with van der Waals surface area (Å²) in [4.78, 5) is -0.146. The van der Waals surface area contributed by atoms with Gasteiger partial charge in [-0.3, -0.25) is 0 Å². The largest absolute Gasteiger partial charge is 0.353 e. The van der Waals surface area contributed by atoms with Crippen LogP contribution in [0.1, 0.15) is 13.8 Å². The summed E-state index contributed by atoms with van der Waals surface area (Å²) < 4.78 is 40.1. The minimum Gasteiger partial charge on any atom is -0.353 e. The van der Waals surface area contributed by atoms with Gasteiger partial charge in [-0.15, -0.1) is 4.40 Å². The molecule has 1 aromatic carbocycles. The average molecular weight is 257 g/mol. The molecule has 0 saturated carbocycles. The third kappa shape index (κ3) is 2.38. The predicted molar refractivity (Wildman–Crippen MR) is 62.9 cm³/mol. The van der Waals surface area contributed by atoms with Gasteiger partial charge < -0.3 is 10.6 Å². The first kappa shape index (κ1) is 11.8. The van der Waals surface area contributed by atoms with Crippen molar-refractivity contribution < 1.29 is 12.8 Å². The number of benzene rings is 1. The van der Waals surface area contributed by atoms with Crippen LogP contribution in [0.2, 0.25) is 0 Å². The minimum atomic E-state index is -3.84. The third-order valence-corrected chi connectivity index (χ3v) is 3.43. The van der Waals surface area contributed by atoms with Crippen molar-refractivity contribution in [3.63, 3.8) is 0 Å². The SMILES string of the molecule is CC(C)NC1=NS(=O)(=O)c2cc(F)ccc2N1. The lowest BCUT2D eigenvalue weighted by Gasteiger charge is -2.20. The van der Waals surface area contributed by atoms with Crippen LogP contribution in [-0.2, 0) is 10.0 Å². The number of hydrogen-bond donors (Lipinski definition) is 2. The molecule has 5 nitrogen and oxygen atoms in total. The molecule has 17 heavy (non-hydrogen) atoms. The highest BCUT2D eigenvalue weighted by molar-refractivity contribution is 7.90. The molecule has 0 unspecified atom stereocenters. The maximum atomic E-state index is 13.0. The maximum absolute atomic E-state index is 13.0. The molecule has 0 radical (unpaired) electrons. The van der Waals surface area contributed by atoms with E-state index in [9.17, 15) is 12.8 Å². The third-order valence-electron chi connectivity index (χ3n) is 2.11. The topological polar surface area (TPSA) is 70.6 Å². The highest BCUT2D eigenvalue weighted by Gasteiger charge is 2.25. The van der Waals surface area contributed by atoms with Crippen molar-refractivity contribution >= 4 is 21.7 Å². The molecular formula is C10H12FN3O2S. The Balaban J connectivity index is 2.47. The second-order valence-electron chi connectivity index (χ2n) is 3.98. The van der Waals surface area contributed by atoms with E-state index in [0.717, 1.165) is 6.07 Å². The normalized spacial score (nSPS) is 17.1. The summed E-state index contributed by atoms with van der Waals surface area (Å²) in [5.41, 5.74) is 0.324. The van der Waals surface area contributed by atoms with Gasteiger partial charge in [0.05, 0.1) is 5.69 Å². The molecule has 1 aromatic rings. The van der Waals surface area contributed by atoms with E-state index in [2.05, 4.69) is 15.0 Å². The molecule has 1 aliphatic rings. The quantitative estimate of drug-likeness (QED) is 0.795. The number of sulfonamides is 1. The highest BCUT2D eigenvalue weighted by Crippen LogP contribution is 2.27. The van der Waals surface area contributed by atoms with E-state index in [0.29, 0.717) is 5.69 Å². The molecule has 0 fully saturated rings. The van der Waals surface area contributed by atoms with Crippen LogP contribution < -0.4 is 10.6 Å². The van der Waals surface area contributed by atoms with Crippen molar-refractivity contribution in [1.29, 1.82) is 0 Å². The van der Waals surface area contributed by atoms with Crippen LogP contribution >= 0.6 is 0 Å². The van der Waals surface area contributed by atoms with Gasteiger partial charge in [0.15, 0.2) is 0 Å². The van der Waals surface area contributed by atoms with Crippen molar-refractivity contribution in [1.82, 2.24) is 5.32 Å². The first-order valence-corrected chi connectivity index (χ1v) is 6.50. The second-order valence-corrected chi connectivity index (χ2v) is 5.55. The van der Waals surface area contributed by atoms with Crippen LogP contribution in [0.3, 0.4) is 0 Å². The van der Waals surface area contributed by atoms with Crippen molar-refractivity contribution in [3.8, 4) is 0 Å². The maximum Gasteiger partial charge on any atom is 0.287 e. The molecule has 0 atom stereocenters. The van der Waals surface area contributed by atoms with E-state index in [4.69, 9.17) is 0 Å². The number of nitrogens with zero attached hydrogens (tertiary/aromatic N) is 1. The van der Waals surface area contributed by atoms with Gasteiger partial charge >= 0.3 is 0 Å². The van der Waals surface area contributed by atoms with Crippen LogP contribution in [0.5, 0.6) is 0 Å². The lowest BCUT2D eigenvalue weighted by molar-refractivity contribution is 0.591. The Morgan fingerprint density at radius 1 is 1.41 bits per heavy atom. The number of rotatable bonds is 1. The van der Waals surface area contributed by atoms with Gasteiger partial charge in [0.25, 0.3) is 10.0 Å². The Morgan fingerprint density at radius 2 is 2.12 bits per heavy atom. The average Bonchev–Trinajstić information content (AvgIpc) is 2.17. The highest BCUT2D eigenvalue weighted by atomic mass is 32.2. The summed E-state index contributed by atoms with van der Waals surface area (Å²) >= 11 is 0. The minimum absolute atomic E-state index is 0.0402. The number of hydrogen-bond acceptors (Lipinski definition) is 4. The van der Waals surface area contributed by atoms with Crippen LogP contribution in [0.25, 0.3) is 0 Å². The Hall–Kier alpha value is -1.63. The predicted octanol–water partition coefficient (Wildman–Crippen LogP) is 1.29. The van der Waals surface area contributed by atoms with E-state index in [-0.39, 0.29) is 16.9 Å². The number of fused-ring (bicyclic) bond motifs is 1. The van der Waals surface area contributed by atoms with Gasteiger partial charge in [-0.25, -0.2) is 4.39 Å². The lowest BCUT2D eigenvalue weighted by atomic mass is 10.3. The van der Waals surface area contributed by atoms with E-state index >= 15 is 0 Å². The number of halogens is 1. The van der Waals surface area contributed by atoms with Gasteiger partial charge in [-0.1, -0.05) is 0 Å². The van der Waals surface area contributed by atoms with Gasteiger partial charge in [0.1, 0.15) is 10.7 Å². The van der Waals surface area contributed by atoms with Crippen LogP contribution in [0.15, 0.2) is 27.5 Å². The second kappa shape index (κ2) is 3.99. The first-order valence-electron chi connectivity index (χ1n) is 5.06. The fourth-order valence-corrected chi connectivity index (χ4v) is 2.56. The summed E-state index contributed by atoms with van der Waals surface area (Å²) in [7, 11) is -3.84. The molecule has 1 heterocycles. The fraction of sp³-hybridized carbons (Fsp3) is 0.300. The molecule has 1 aliphatic heterocycles. The van der Waals surface area contributed by atoms with Gasteiger partial charge in [-0.05, 0) is 32.0 Å². The zero-order valence-corrected chi connectivity index (χ0v) is 10.2. The lowest BCUT2D eigenvalue weighted by Crippen LogP contribution is -2.38. The van der Waals surface area contributed by atoms with Crippen LogP contribution in [-0.4, -0.2) is 20.4 Å². The molecule has 92 valence electrons. The monoisotopic (exact) mass is 257 g/mol. The van der Waals surface area contributed by atoms with Crippen molar-refractivity contribution in [2.45, 2.75) is 24.8 Å². The van der Waals surface area contributed by atoms with Crippen molar-refractivity contribution in [2.75, 3.05) is 5.32 Å². The Labute approximate surface area is 98.8 Å². The zero-order chi connectivity index (χ0) is 12.6. The first-order chi connectivity index (χ1) is 7.88. The molecule has 0 aromatic heterocycles. The number of nitrogens with one attached hydrogen (secondary N) is 2. The molecule has 7 heteroatoms.